The number of amides is 1. The zero-order valence-corrected chi connectivity index (χ0v) is 20.1. The summed E-state index contributed by atoms with van der Waals surface area (Å²) in [6.07, 6.45) is 8.35. The summed E-state index contributed by atoms with van der Waals surface area (Å²) >= 11 is 3.88. The molecular weight excluding hydrogens is 444 g/mol. The largest absolute Gasteiger partial charge is 0.385 e. The van der Waals surface area contributed by atoms with Gasteiger partial charge in [0.15, 0.2) is 0 Å². The molecule has 1 heterocycles. The van der Waals surface area contributed by atoms with E-state index in [4.69, 9.17) is 9.47 Å². The van der Waals surface area contributed by atoms with Crippen LogP contribution in [0.3, 0.4) is 0 Å². The monoisotopic (exact) mass is 480 g/mol. The van der Waals surface area contributed by atoms with Crippen molar-refractivity contribution in [2.75, 3.05) is 40.5 Å². The fraction of sp³-hybridized carbons (Fsp3) is 0.708. The summed E-state index contributed by atoms with van der Waals surface area (Å²) in [6, 6.07) is 5.02. The third kappa shape index (κ3) is 6.78. The molecule has 0 radical (unpaired) electrons. The van der Waals surface area contributed by atoms with Crippen LogP contribution >= 0.6 is 15.9 Å². The number of aryl methyl sites for hydroxylation is 2. The normalized spacial score (nSPS) is 19.1. The van der Waals surface area contributed by atoms with E-state index < -0.39 is 0 Å². The number of benzene rings is 1. The fourth-order valence-corrected chi connectivity index (χ4v) is 4.90. The number of methoxy groups -OCH3 is 2. The molecule has 1 saturated carbocycles. The lowest BCUT2D eigenvalue weighted by atomic mass is 9.96. The maximum absolute atomic E-state index is 13.3. The van der Waals surface area contributed by atoms with Crippen molar-refractivity contribution in [1.29, 1.82) is 0 Å². The Hall–Kier alpha value is -0.950. The van der Waals surface area contributed by atoms with E-state index in [0.717, 1.165) is 82.1 Å². The highest BCUT2D eigenvalue weighted by Gasteiger charge is 2.36. The van der Waals surface area contributed by atoms with Crippen molar-refractivity contribution in [3.63, 3.8) is 0 Å². The van der Waals surface area contributed by atoms with Crippen molar-refractivity contribution >= 4 is 21.8 Å². The molecule has 0 unspecified atom stereocenters. The topological polar surface area (TPSA) is 50.8 Å². The summed E-state index contributed by atoms with van der Waals surface area (Å²) in [7, 11) is 3.50. The molecule has 3 rings (SSSR count). The highest BCUT2D eigenvalue weighted by atomic mass is 79.9. The Kier molecular flexibility index (Phi) is 9.63. The third-order valence-electron chi connectivity index (χ3n) is 6.15. The zero-order chi connectivity index (χ0) is 21.3. The molecule has 1 aromatic carbocycles. The Bertz CT molecular complexity index is 687. The number of nitrogens with one attached hydrogen (secondary N) is 1. The number of rotatable bonds is 12. The smallest absolute Gasteiger partial charge is 0.227 e. The molecule has 1 atom stereocenters. The van der Waals surface area contributed by atoms with Gasteiger partial charge in [0.25, 0.3) is 0 Å². The van der Waals surface area contributed by atoms with Crippen LogP contribution in [0.2, 0.25) is 0 Å². The van der Waals surface area contributed by atoms with Gasteiger partial charge in [-0.05, 0) is 74.6 Å². The molecule has 1 aromatic rings. The second-order valence-corrected chi connectivity index (χ2v) is 9.45. The molecule has 168 valence electrons. The first-order valence-electron chi connectivity index (χ1n) is 11.4. The van der Waals surface area contributed by atoms with E-state index in [2.05, 4.69) is 38.3 Å². The predicted octanol–water partition coefficient (Wildman–Crippen LogP) is 4.10. The number of piperidine rings is 1. The first-order chi connectivity index (χ1) is 14.6. The average Bonchev–Trinajstić information content (AvgIpc) is 3.60. The van der Waals surface area contributed by atoms with Gasteiger partial charge in [-0.3, -0.25) is 4.79 Å². The van der Waals surface area contributed by atoms with Gasteiger partial charge in [-0.15, -0.1) is 0 Å². The molecule has 1 N–H and O–H groups in total. The Morgan fingerprint density at radius 3 is 2.43 bits per heavy atom. The van der Waals surface area contributed by atoms with Gasteiger partial charge >= 0.3 is 0 Å². The van der Waals surface area contributed by atoms with E-state index in [-0.39, 0.29) is 5.92 Å². The molecular formula is C24H37BrN2O3. The summed E-state index contributed by atoms with van der Waals surface area (Å²) in [5.74, 6) is 0.464. The molecule has 1 amide bonds. The van der Waals surface area contributed by atoms with Crippen LogP contribution in [-0.2, 0) is 33.7 Å². The lowest BCUT2D eigenvalue weighted by Gasteiger charge is -2.30. The first-order valence-corrected chi connectivity index (χ1v) is 12.2. The van der Waals surface area contributed by atoms with E-state index in [9.17, 15) is 4.79 Å². The van der Waals surface area contributed by atoms with E-state index in [0.29, 0.717) is 18.5 Å². The quantitative estimate of drug-likeness (QED) is 0.457. The summed E-state index contributed by atoms with van der Waals surface area (Å²) in [6.45, 7) is 4.09. The van der Waals surface area contributed by atoms with Crippen LogP contribution in [0.15, 0.2) is 16.6 Å². The number of hydrogen-bond donors (Lipinski definition) is 1. The molecule has 2 fully saturated rings. The number of carbonyl (C=O) groups excluding carboxylic acids is 1. The molecule has 30 heavy (non-hydrogen) atoms. The van der Waals surface area contributed by atoms with E-state index in [1.54, 1.807) is 14.2 Å². The van der Waals surface area contributed by atoms with Crippen molar-refractivity contribution in [2.24, 2.45) is 5.92 Å². The molecule has 6 heteroatoms. The van der Waals surface area contributed by atoms with Gasteiger partial charge in [0.05, 0.1) is 5.92 Å². The minimum atomic E-state index is 0.129. The van der Waals surface area contributed by atoms with Crippen LogP contribution in [0.25, 0.3) is 0 Å². The number of hydrogen-bond acceptors (Lipinski definition) is 4. The van der Waals surface area contributed by atoms with Crippen LogP contribution in [0.4, 0.5) is 0 Å². The summed E-state index contributed by atoms with van der Waals surface area (Å²) in [5.41, 5.74) is 3.89. The van der Waals surface area contributed by atoms with Gasteiger partial charge in [-0.25, -0.2) is 0 Å². The van der Waals surface area contributed by atoms with Gasteiger partial charge < -0.3 is 19.7 Å². The molecule has 1 aliphatic heterocycles. The summed E-state index contributed by atoms with van der Waals surface area (Å²) in [5, 5.41) is 3.40. The maximum atomic E-state index is 13.3. The molecule has 0 spiro atoms. The number of halogens is 1. The Balaban J connectivity index is 1.78. The first kappa shape index (κ1) is 23.7. The van der Waals surface area contributed by atoms with Crippen LogP contribution in [-0.4, -0.2) is 57.4 Å². The second kappa shape index (κ2) is 12.2. The number of nitrogens with zero attached hydrogens (tertiary/aromatic N) is 1. The van der Waals surface area contributed by atoms with Gasteiger partial charge in [-0.2, -0.15) is 0 Å². The van der Waals surface area contributed by atoms with E-state index in [1.807, 2.05) is 0 Å². The van der Waals surface area contributed by atoms with Crippen molar-refractivity contribution in [3.8, 4) is 0 Å². The molecule has 5 nitrogen and oxygen atoms in total. The van der Waals surface area contributed by atoms with Crippen LogP contribution < -0.4 is 5.32 Å². The van der Waals surface area contributed by atoms with Crippen molar-refractivity contribution in [2.45, 2.75) is 64.0 Å². The van der Waals surface area contributed by atoms with Crippen molar-refractivity contribution < 1.29 is 14.3 Å². The summed E-state index contributed by atoms with van der Waals surface area (Å²) in [4.78, 5) is 15.5. The molecule has 0 aromatic heterocycles. The van der Waals surface area contributed by atoms with Crippen molar-refractivity contribution in [1.82, 2.24) is 10.2 Å². The zero-order valence-electron chi connectivity index (χ0n) is 18.6. The minimum absolute atomic E-state index is 0.129. The molecule has 0 bridgehead atoms. The Morgan fingerprint density at radius 2 is 1.80 bits per heavy atom. The van der Waals surface area contributed by atoms with Crippen LogP contribution in [0.1, 0.15) is 55.2 Å². The lowest BCUT2D eigenvalue weighted by Crippen LogP contribution is -2.43. The minimum Gasteiger partial charge on any atom is -0.385 e. The highest BCUT2D eigenvalue weighted by molar-refractivity contribution is 9.10. The summed E-state index contributed by atoms with van der Waals surface area (Å²) < 4.78 is 11.7. The van der Waals surface area contributed by atoms with Gasteiger partial charge in [-0.1, -0.05) is 28.1 Å². The predicted molar refractivity (Wildman–Crippen MR) is 124 cm³/mol. The maximum Gasteiger partial charge on any atom is 0.227 e. The Morgan fingerprint density at radius 1 is 1.10 bits per heavy atom. The third-order valence-corrected chi connectivity index (χ3v) is 7.17. The van der Waals surface area contributed by atoms with E-state index in [1.165, 1.54) is 16.7 Å². The molecule has 2 aliphatic rings. The number of carbonyl (C=O) groups is 1. The van der Waals surface area contributed by atoms with Gasteiger partial charge in [0.1, 0.15) is 0 Å². The standard InChI is InChI=1S/C24H37BrN2O3/c1-29-12-4-6-18-14-19(8-5-13-30-2)23(25)21(15-18)17-27(22-9-10-22)24(28)20-7-3-11-26-16-20/h14-15,20,22,26H,3-13,16-17H2,1-2H3/t20-/m1/s1. The van der Waals surface area contributed by atoms with Crippen LogP contribution in [0, 0.1) is 5.92 Å². The molecule has 1 aliphatic carbocycles. The molecule has 1 saturated heterocycles. The average molecular weight is 481 g/mol. The van der Waals surface area contributed by atoms with Gasteiger partial charge in [0.2, 0.25) is 5.91 Å². The van der Waals surface area contributed by atoms with Crippen LogP contribution in [0.5, 0.6) is 0 Å². The SMILES string of the molecule is COCCCc1cc(CCCOC)c(Br)c(CN(C(=O)[C@@H]2CCCNC2)C2CC2)c1. The fourth-order valence-electron chi connectivity index (χ4n) is 4.34. The number of ether oxygens (including phenoxy) is 2. The van der Waals surface area contributed by atoms with E-state index >= 15 is 0 Å². The second-order valence-electron chi connectivity index (χ2n) is 8.66. The van der Waals surface area contributed by atoms with Gasteiger partial charge in [0, 0.05) is 51.0 Å². The van der Waals surface area contributed by atoms with Crippen molar-refractivity contribution in [3.05, 3.63) is 33.3 Å². The highest BCUT2D eigenvalue weighted by Crippen LogP contribution is 2.34. The lowest BCUT2D eigenvalue weighted by molar-refractivity contribution is -0.137. The Labute approximate surface area is 190 Å².